The predicted molar refractivity (Wildman–Crippen MR) is 75.3 cm³/mol. The van der Waals surface area contributed by atoms with Crippen LogP contribution in [0.25, 0.3) is 6.08 Å². The minimum atomic E-state index is -1.17. The average Bonchev–Trinajstić information content (AvgIpc) is 2.49. The summed E-state index contributed by atoms with van der Waals surface area (Å²) in [7, 11) is -1.17. The second-order valence-electron chi connectivity index (χ2n) is 5.82. The maximum Gasteiger partial charge on any atom is 0.0580 e. The zero-order valence-corrected chi connectivity index (χ0v) is 12.4. The van der Waals surface area contributed by atoms with Crippen molar-refractivity contribution in [2.75, 3.05) is 0 Å². The lowest BCUT2D eigenvalue weighted by atomic mass is 10.2. The highest BCUT2D eigenvalue weighted by molar-refractivity contribution is 7.13. The SMILES string of the molecule is C=Cc1ccc(C[Si](C)(C)C(C)(C)C)s1. The fourth-order valence-electron chi connectivity index (χ4n) is 1.30. The molecule has 0 fully saturated rings. The molecule has 0 amide bonds. The third kappa shape index (κ3) is 3.05. The molecule has 2 heteroatoms. The van der Waals surface area contributed by atoms with Crippen LogP contribution in [0.5, 0.6) is 0 Å². The Morgan fingerprint density at radius 2 is 1.93 bits per heavy atom. The van der Waals surface area contributed by atoms with E-state index in [2.05, 4.69) is 52.6 Å². The molecule has 0 aliphatic carbocycles. The van der Waals surface area contributed by atoms with Gasteiger partial charge in [-0.25, -0.2) is 0 Å². The van der Waals surface area contributed by atoms with Gasteiger partial charge in [0.2, 0.25) is 0 Å². The number of hydrogen-bond acceptors (Lipinski definition) is 1. The maximum atomic E-state index is 3.81. The van der Waals surface area contributed by atoms with Crippen LogP contribution in [0.15, 0.2) is 18.7 Å². The topological polar surface area (TPSA) is 0 Å². The fraction of sp³-hybridized carbons (Fsp3) is 0.538. The summed E-state index contributed by atoms with van der Waals surface area (Å²) in [5.41, 5.74) is 0. The Kier molecular flexibility index (Phi) is 3.62. The average molecular weight is 238 g/mol. The second kappa shape index (κ2) is 4.26. The van der Waals surface area contributed by atoms with Gasteiger partial charge >= 0.3 is 0 Å². The first-order chi connectivity index (χ1) is 6.76. The highest BCUT2D eigenvalue weighted by atomic mass is 32.1. The molecule has 84 valence electrons. The van der Waals surface area contributed by atoms with E-state index < -0.39 is 8.07 Å². The van der Waals surface area contributed by atoms with Crippen molar-refractivity contribution < 1.29 is 0 Å². The quantitative estimate of drug-likeness (QED) is 0.651. The van der Waals surface area contributed by atoms with Crippen molar-refractivity contribution in [1.82, 2.24) is 0 Å². The van der Waals surface area contributed by atoms with E-state index in [1.807, 2.05) is 17.4 Å². The highest BCUT2D eigenvalue weighted by Crippen LogP contribution is 2.38. The lowest BCUT2D eigenvalue weighted by Crippen LogP contribution is -2.39. The van der Waals surface area contributed by atoms with Crippen LogP contribution in [-0.2, 0) is 6.04 Å². The Morgan fingerprint density at radius 3 is 2.33 bits per heavy atom. The Bertz CT molecular complexity index is 342. The summed E-state index contributed by atoms with van der Waals surface area (Å²) < 4.78 is 0. The van der Waals surface area contributed by atoms with Gasteiger partial charge in [-0.05, 0) is 23.2 Å². The summed E-state index contributed by atoms with van der Waals surface area (Å²) in [5, 5.41) is 0.478. The summed E-state index contributed by atoms with van der Waals surface area (Å²) in [6.07, 6.45) is 1.94. The molecule has 15 heavy (non-hydrogen) atoms. The van der Waals surface area contributed by atoms with Crippen molar-refractivity contribution in [2.24, 2.45) is 0 Å². The van der Waals surface area contributed by atoms with Crippen molar-refractivity contribution in [3.05, 3.63) is 28.5 Å². The van der Waals surface area contributed by atoms with Gasteiger partial charge in [0, 0.05) is 9.75 Å². The van der Waals surface area contributed by atoms with E-state index in [1.165, 1.54) is 15.8 Å². The largest absolute Gasteiger partial charge is 0.141 e. The molecule has 0 atom stereocenters. The highest BCUT2D eigenvalue weighted by Gasteiger charge is 2.35. The summed E-state index contributed by atoms with van der Waals surface area (Å²) in [5.74, 6) is 0. The Labute approximate surface area is 99.0 Å². The Balaban J connectivity index is 2.81. The monoisotopic (exact) mass is 238 g/mol. The van der Waals surface area contributed by atoms with Crippen molar-refractivity contribution in [1.29, 1.82) is 0 Å². The first kappa shape index (κ1) is 12.7. The fourth-order valence-corrected chi connectivity index (χ4v) is 4.85. The van der Waals surface area contributed by atoms with Crippen LogP contribution >= 0.6 is 11.3 Å². The van der Waals surface area contributed by atoms with Gasteiger partial charge in [-0.1, -0.05) is 46.5 Å². The molecule has 0 spiro atoms. The van der Waals surface area contributed by atoms with E-state index >= 15 is 0 Å². The second-order valence-corrected chi connectivity index (χ2v) is 12.6. The van der Waals surface area contributed by atoms with Crippen LogP contribution in [0.3, 0.4) is 0 Å². The third-order valence-corrected chi connectivity index (χ3v) is 10.2. The zero-order chi connectivity index (χ0) is 11.7. The molecule has 0 N–H and O–H groups in total. The van der Waals surface area contributed by atoms with E-state index in [-0.39, 0.29) is 0 Å². The molecule has 0 unspecified atom stereocenters. The van der Waals surface area contributed by atoms with Crippen LogP contribution in [0.4, 0.5) is 0 Å². The first-order valence-electron chi connectivity index (χ1n) is 5.47. The first-order valence-corrected chi connectivity index (χ1v) is 9.50. The molecule has 0 saturated carbocycles. The molecular formula is C13H22SSi. The molecule has 0 radical (unpaired) electrons. The minimum Gasteiger partial charge on any atom is -0.141 e. The van der Waals surface area contributed by atoms with Gasteiger partial charge in [0.05, 0.1) is 8.07 Å². The Hall–Kier alpha value is -0.343. The van der Waals surface area contributed by atoms with Crippen molar-refractivity contribution in [2.45, 2.75) is 44.9 Å². The third-order valence-electron chi connectivity index (χ3n) is 3.53. The zero-order valence-electron chi connectivity index (χ0n) is 10.6. The Morgan fingerprint density at radius 1 is 1.33 bits per heavy atom. The van der Waals surface area contributed by atoms with Crippen LogP contribution in [0.1, 0.15) is 30.5 Å². The summed E-state index contributed by atoms with van der Waals surface area (Å²) in [4.78, 5) is 2.82. The normalized spacial score (nSPS) is 12.9. The molecule has 1 heterocycles. The number of hydrogen-bond donors (Lipinski definition) is 0. The van der Waals surface area contributed by atoms with Crippen LogP contribution in [-0.4, -0.2) is 8.07 Å². The summed E-state index contributed by atoms with van der Waals surface area (Å²) in [6.45, 7) is 15.9. The standard InChI is InChI=1S/C13H22SSi/c1-7-11-8-9-12(14-11)10-15(5,6)13(2,3)4/h7-9H,1,10H2,2-6H3. The molecular weight excluding hydrogens is 216 g/mol. The maximum absolute atomic E-state index is 3.81. The summed E-state index contributed by atoms with van der Waals surface area (Å²) >= 11 is 1.89. The van der Waals surface area contributed by atoms with Crippen LogP contribution in [0.2, 0.25) is 18.1 Å². The smallest absolute Gasteiger partial charge is 0.0580 e. The van der Waals surface area contributed by atoms with Crippen LogP contribution in [0, 0.1) is 0 Å². The molecule has 0 nitrogen and oxygen atoms in total. The molecule has 1 aromatic rings. The van der Waals surface area contributed by atoms with Gasteiger partial charge in [-0.3, -0.25) is 0 Å². The molecule has 1 rings (SSSR count). The molecule has 1 aromatic heterocycles. The van der Waals surface area contributed by atoms with Gasteiger partial charge in [0.25, 0.3) is 0 Å². The van der Waals surface area contributed by atoms with E-state index in [9.17, 15) is 0 Å². The molecule has 0 aliphatic heterocycles. The van der Waals surface area contributed by atoms with Crippen molar-refractivity contribution in [3.63, 3.8) is 0 Å². The summed E-state index contributed by atoms with van der Waals surface area (Å²) in [6, 6.07) is 5.73. The van der Waals surface area contributed by atoms with Crippen LogP contribution < -0.4 is 0 Å². The van der Waals surface area contributed by atoms with Crippen molar-refractivity contribution >= 4 is 25.5 Å². The number of thiophene rings is 1. The van der Waals surface area contributed by atoms with Gasteiger partial charge in [0.1, 0.15) is 0 Å². The van der Waals surface area contributed by atoms with E-state index in [4.69, 9.17) is 0 Å². The van der Waals surface area contributed by atoms with Crippen molar-refractivity contribution in [3.8, 4) is 0 Å². The number of rotatable bonds is 3. The van der Waals surface area contributed by atoms with Gasteiger partial charge in [-0.2, -0.15) is 0 Å². The predicted octanol–water partition coefficient (Wildman–Crippen LogP) is 4.98. The van der Waals surface area contributed by atoms with E-state index in [1.54, 1.807) is 0 Å². The van der Waals surface area contributed by atoms with Gasteiger partial charge in [0.15, 0.2) is 0 Å². The van der Waals surface area contributed by atoms with E-state index in [0.29, 0.717) is 5.04 Å². The lowest BCUT2D eigenvalue weighted by Gasteiger charge is -2.36. The molecule has 0 aromatic carbocycles. The van der Waals surface area contributed by atoms with Gasteiger partial charge in [-0.15, -0.1) is 11.3 Å². The van der Waals surface area contributed by atoms with Gasteiger partial charge < -0.3 is 0 Å². The molecule has 0 saturated heterocycles. The molecule has 0 bridgehead atoms. The van der Waals surface area contributed by atoms with E-state index in [0.717, 1.165) is 0 Å². The lowest BCUT2D eigenvalue weighted by molar-refractivity contribution is 0.714. The minimum absolute atomic E-state index is 0.478. The molecule has 0 aliphatic rings.